The van der Waals surface area contributed by atoms with Crippen LogP contribution >= 0.6 is 12.2 Å². The molecule has 2 amide bonds. The van der Waals surface area contributed by atoms with Crippen LogP contribution in [0.2, 0.25) is 0 Å². The lowest BCUT2D eigenvalue weighted by molar-refractivity contribution is -0.122. The monoisotopic (exact) mass is 495 g/mol. The van der Waals surface area contributed by atoms with Gasteiger partial charge in [0.25, 0.3) is 11.8 Å². The third kappa shape index (κ3) is 4.30. The van der Waals surface area contributed by atoms with Crippen LogP contribution < -0.4 is 10.2 Å². The molecular weight excluding hydrogens is 474 g/mol. The Balaban J connectivity index is 1.54. The maximum atomic E-state index is 13.4. The number of carboxylic acid groups (broad SMARTS) is 1. The number of aryl methyl sites for hydroxylation is 1. The van der Waals surface area contributed by atoms with E-state index in [4.69, 9.17) is 17.3 Å². The number of nitrogens with zero attached hydrogens (tertiary/aromatic N) is 2. The molecule has 2 heterocycles. The van der Waals surface area contributed by atoms with Crippen molar-refractivity contribution in [3.8, 4) is 0 Å². The van der Waals surface area contributed by atoms with E-state index in [1.165, 1.54) is 34.7 Å². The van der Waals surface area contributed by atoms with Gasteiger partial charge in [-0.3, -0.25) is 19.8 Å². The summed E-state index contributed by atoms with van der Waals surface area (Å²) in [5, 5.41) is 12.6. The highest BCUT2D eigenvalue weighted by Crippen LogP contribution is 2.27. The highest BCUT2D eigenvalue weighted by atomic mass is 32.1. The van der Waals surface area contributed by atoms with E-state index in [-0.39, 0.29) is 16.2 Å². The van der Waals surface area contributed by atoms with Crippen molar-refractivity contribution >= 4 is 57.8 Å². The number of hydrogen-bond donors (Lipinski definition) is 2. The summed E-state index contributed by atoms with van der Waals surface area (Å²) in [4.78, 5) is 38.6. The third-order valence-corrected chi connectivity index (χ3v) is 6.31. The molecule has 1 aromatic heterocycles. The Morgan fingerprint density at radius 3 is 2.50 bits per heavy atom. The average molecular weight is 496 g/mol. The summed E-state index contributed by atoms with van der Waals surface area (Å²) in [5.74, 6) is -2.24. The zero-order valence-corrected chi connectivity index (χ0v) is 20.1. The zero-order valence-electron chi connectivity index (χ0n) is 19.3. The molecule has 0 saturated carbocycles. The molecule has 1 fully saturated rings. The smallest absolute Gasteiger partial charge is 0.335 e. The maximum absolute atomic E-state index is 13.4. The van der Waals surface area contributed by atoms with Gasteiger partial charge in [0.05, 0.1) is 11.3 Å². The molecular formula is C28H21N3O4S. The van der Waals surface area contributed by atoms with Crippen LogP contribution in [0.3, 0.4) is 0 Å². The van der Waals surface area contributed by atoms with E-state index < -0.39 is 17.8 Å². The molecule has 1 aliphatic rings. The van der Waals surface area contributed by atoms with Crippen LogP contribution in [0.25, 0.3) is 17.0 Å². The Morgan fingerprint density at radius 2 is 1.78 bits per heavy atom. The summed E-state index contributed by atoms with van der Waals surface area (Å²) in [6.07, 6.45) is 3.51. The van der Waals surface area contributed by atoms with E-state index in [0.29, 0.717) is 12.2 Å². The minimum absolute atomic E-state index is 0.0629. The standard InChI is InChI=1S/C28H21N3O4S/c1-17-5-4-6-18(13-17)15-30-16-20(22-7-2-3-8-24(22)30)14-23-25(32)29-28(36)31(26(23)33)21-11-9-19(10-12-21)27(34)35/h2-14,16H,15H2,1H3,(H,34,35)(H,29,32,36)/b23-14+. The molecule has 36 heavy (non-hydrogen) atoms. The van der Waals surface area contributed by atoms with Crippen molar-refractivity contribution in [2.24, 2.45) is 0 Å². The summed E-state index contributed by atoms with van der Waals surface area (Å²) < 4.78 is 2.09. The molecule has 0 unspecified atom stereocenters. The van der Waals surface area contributed by atoms with Crippen molar-refractivity contribution in [3.63, 3.8) is 0 Å². The van der Waals surface area contributed by atoms with Gasteiger partial charge < -0.3 is 9.67 Å². The maximum Gasteiger partial charge on any atom is 0.335 e. The first kappa shape index (κ1) is 23.2. The Morgan fingerprint density at radius 1 is 1.03 bits per heavy atom. The number of carboxylic acids is 1. The number of aromatic carboxylic acids is 1. The SMILES string of the molecule is Cc1cccc(Cn2cc(/C=C3\C(=O)NC(=S)N(c4ccc(C(=O)O)cc4)C3=O)c3ccccc32)c1. The van der Waals surface area contributed by atoms with Crippen LogP contribution in [0.15, 0.2) is 84.6 Å². The second kappa shape index (κ2) is 9.24. The summed E-state index contributed by atoms with van der Waals surface area (Å²) >= 11 is 5.26. The number of aromatic nitrogens is 1. The van der Waals surface area contributed by atoms with Gasteiger partial charge in [-0.15, -0.1) is 0 Å². The van der Waals surface area contributed by atoms with Gasteiger partial charge in [-0.25, -0.2) is 4.79 Å². The minimum Gasteiger partial charge on any atom is -0.478 e. The molecule has 0 atom stereocenters. The highest BCUT2D eigenvalue weighted by molar-refractivity contribution is 7.80. The lowest BCUT2D eigenvalue weighted by Gasteiger charge is -2.28. The lowest BCUT2D eigenvalue weighted by atomic mass is 10.1. The molecule has 7 nitrogen and oxygen atoms in total. The quantitative estimate of drug-likeness (QED) is 0.241. The minimum atomic E-state index is -1.08. The Labute approximate surface area is 212 Å². The second-order valence-corrected chi connectivity index (χ2v) is 8.92. The molecule has 5 rings (SSSR count). The highest BCUT2D eigenvalue weighted by Gasteiger charge is 2.34. The number of benzene rings is 3. The molecule has 4 aromatic rings. The van der Waals surface area contributed by atoms with Crippen LogP contribution in [0.5, 0.6) is 0 Å². The molecule has 178 valence electrons. The number of fused-ring (bicyclic) bond motifs is 1. The van der Waals surface area contributed by atoms with E-state index in [1.807, 2.05) is 49.5 Å². The van der Waals surface area contributed by atoms with Crippen LogP contribution in [0.1, 0.15) is 27.0 Å². The van der Waals surface area contributed by atoms with Gasteiger partial charge in [0.1, 0.15) is 5.57 Å². The fraction of sp³-hybridized carbons (Fsp3) is 0.0714. The number of rotatable bonds is 5. The Bertz CT molecular complexity index is 1580. The lowest BCUT2D eigenvalue weighted by Crippen LogP contribution is -2.54. The van der Waals surface area contributed by atoms with E-state index in [1.54, 1.807) is 6.08 Å². The van der Waals surface area contributed by atoms with Gasteiger partial charge in [-0.1, -0.05) is 48.0 Å². The van der Waals surface area contributed by atoms with E-state index in [2.05, 4.69) is 22.0 Å². The van der Waals surface area contributed by atoms with Crippen molar-refractivity contribution in [1.29, 1.82) is 0 Å². The van der Waals surface area contributed by atoms with Crippen molar-refractivity contribution < 1.29 is 19.5 Å². The Kier molecular flexibility index (Phi) is 5.95. The summed E-state index contributed by atoms with van der Waals surface area (Å²) in [7, 11) is 0. The molecule has 1 aliphatic heterocycles. The predicted octanol–water partition coefficient (Wildman–Crippen LogP) is 4.53. The summed E-state index contributed by atoms with van der Waals surface area (Å²) in [6, 6.07) is 21.8. The fourth-order valence-corrected chi connectivity index (χ4v) is 4.61. The number of anilines is 1. The second-order valence-electron chi connectivity index (χ2n) is 8.53. The fourth-order valence-electron chi connectivity index (χ4n) is 4.33. The molecule has 0 spiro atoms. The largest absolute Gasteiger partial charge is 0.478 e. The van der Waals surface area contributed by atoms with Crippen molar-refractivity contribution in [2.45, 2.75) is 13.5 Å². The number of thiocarbonyl (C=S) groups is 1. The van der Waals surface area contributed by atoms with Gasteiger partial charge in [0, 0.05) is 29.2 Å². The molecule has 3 aromatic carbocycles. The van der Waals surface area contributed by atoms with Crippen LogP contribution in [-0.2, 0) is 16.1 Å². The predicted molar refractivity (Wildman–Crippen MR) is 142 cm³/mol. The molecule has 0 aliphatic carbocycles. The van der Waals surface area contributed by atoms with Crippen LogP contribution in [0.4, 0.5) is 5.69 Å². The third-order valence-electron chi connectivity index (χ3n) is 6.03. The summed E-state index contributed by atoms with van der Waals surface area (Å²) in [5.41, 5.74) is 4.39. The molecule has 1 saturated heterocycles. The van der Waals surface area contributed by atoms with Gasteiger partial charge in [-0.2, -0.15) is 0 Å². The molecule has 0 radical (unpaired) electrons. The number of hydrogen-bond acceptors (Lipinski definition) is 4. The molecule has 8 heteroatoms. The number of para-hydroxylation sites is 1. The first-order chi connectivity index (χ1) is 17.3. The van der Waals surface area contributed by atoms with Gasteiger partial charge >= 0.3 is 5.97 Å². The average Bonchev–Trinajstić information content (AvgIpc) is 3.19. The van der Waals surface area contributed by atoms with Crippen molar-refractivity contribution in [2.75, 3.05) is 4.90 Å². The number of carbonyl (C=O) groups excluding carboxylic acids is 2. The van der Waals surface area contributed by atoms with Crippen molar-refractivity contribution in [3.05, 3.63) is 107 Å². The number of carbonyl (C=O) groups is 3. The summed E-state index contributed by atoms with van der Waals surface area (Å²) in [6.45, 7) is 2.68. The topological polar surface area (TPSA) is 91.6 Å². The van der Waals surface area contributed by atoms with E-state index in [9.17, 15) is 14.4 Å². The molecule has 2 N–H and O–H groups in total. The van der Waals surface area contributed by atoms with Gasteiger partial charge in [0.2, 0.25) is 0 Å². The Hall–Kier alpha value is -4.56. The van der Waals surface area contributed by atoms with Crippen molar-refractivity contribution in [1.82, 2.24) is 9.88 Å². The number of nitrogens with one attached hydrogen (secondary N) is 1. The zero-order chi connectivity index (χ0) is 25.4. The van der Waals surface area contributed by atoms with Crippen LogP contribution in [0, 0.1) is 6.92 Å². The normalized spacial score (nSPS) is 15.0. The van der Waals surface area contributed by atoms with E-state index >= 15 is 0 Å². The van der Waals surface area contributed by atoms with Gasteiger partial charge in [0.15, 0.2) is 5.11 Å². The number of amides is 2. The molecule has 0 bridgehead atoms. The van der Waals surface area contributed by atoms with Crippen LogP contribution in [-0.4, -0.2) is 32.6 Å². The van der Waals surface area contributed by atoms with E-state index in [0.717, 1.165) is 22.0 Å². The first-order valence-electron chi connectivity index (χ1n) is 11.2. The van der Waals surface area contributed by atoms with Gasteiger partial charge in [-0.05, 0) is 61.1 Å². The first-order valence-corrected chi connectivity index (χ1v) is 11.6.